The maximum atomic E-state index is 14.5. The first kappa shape index (κ1) is 23.3. The molecule has 3 rings (SSSR count). The van der Waals surface area contributed by atoms with E-state index in [9.17, 15) is 35.1 Å². The molecule has 1 nitrogen and oxygen atoms in total. The summed E-state index contributed by atoms with van der Waals surface area (Å²) in [6, 6.07) is 9.05. The lowest BCUT2D eigenvalue weighted by Gasteiger charge is -2.19. The molecule has 0 aliphatic carbocycles. The SMILES string of the molecule is Cc1ccc(C(F)(F)Oc2ccc(-c3cc(F)c(/C=C/C(F)(F)F)c(F)c3)c(F)c2)cc1. The zero-order valence-corrected chi connectivity index (χ0v) is 16.3. The normalized spacial score (nSPS) is 12.4. The summed E-state index contributed by atoms with van der Waals surface area (Å²) in [5.74, 6) is -4.38. The Kier molecular flexibility index (Phi) is 6.29. The minimum atomic E-state index is -4.78. The van der Waals surface area contributed by atoms with Gasteiger partial charge in [0.1, 0.15) is 23.2 Å². The highest BCUT2D eigenvalue weighted by atomic mass is 19.4. The van der Waals surface area contributed by atoms with Crippen LogP contribution in [-0.2, 0) is 6.11 Å². The van der Waals surface area contributed by atoms with Gasteiger partial charge in [-0.25, -0.2) is 13.2 Å². The second kappa shape index (κ2) is 8.64. The van der Waals surface area contributed by atoms with Gasteiger partial charge in [-0.15, -0.1) is 0 Å². The zero-order chi connectivity index (χ0) is 23.7. The van der Waals surface area contributed by atoms with E-state index in [2.05, 4.69) is 4.74 Å². The Labute approximate surface area is 177 Å². The van der Waals surface area contributed by atoms with Gasteiger partial charge >= 0.3 is 12.3 Å². The molecule has 0 atom stereocenters. The third-order valence-corrected chi connectivity index (χ3v) is 4.40. The molecule has 3 aromatic carbocycles. The van der Waals surface area contributed by atoms with Crippen LogP contribution in [0.25, 0.3) is 17.2 Å². The van der Waals surface area contributed by atoms with E-state index < -0.39 is 46.6 Å². The van der Waals surface area contributed by atoms with Crippen molar-refractivity contribution in [1.29, 1.82) is 0 Å². The summed E-state index contributed by atoms with van der Waals surface area (Å²) >= 11 is 0. The van der Waals surface area contributed by atoms with E-state index in [4.69, 9.17) is 0 Å². The largest absolute Gasteiger partial charge is 0.429 e. The Balaban J connectivity index is 1.88. The molecule has 0 unspecified atom stereocenters. The van der Waals surface area contributed by atoms with Gasteiger partial charge in [-0.1, -0.05) is 17.7 Å². The molecule has 0 saturated heterocycles. The van der Waals surface area contributed by atoms with Crippen molar-refractivity contribution in [3.05, 3.63) is 94.8 Å². The van der Waals surface area contributed by atoms with Crippen molar-refractivity contribution >= 4 is 6.08 Å². The van der Waals surface area contributed by atoms with Crippen LogP contribution in [0.1, 0.15) is 16.7 Å². The van der Waals surface area contributed by atoms with Crippen LogP contribution in [0.4, 0.5) is 35.1 Å². The number of allylic oxidation sites excluding steroid dienone is 1. The van der Waals surface area contributed by atoms with Gasteiger partial charge in [0, 0.05) is 23.3 Å². The summed E-state index contributed by atoms with van der Waals surface area (Å²) in [6.07, 6.45) is -8.67. The molecule has 0 N–H and O–H groups in total. The fourth-order valence-corrected chi connectivity index (χ4v) is 2.82. The van der Waals surface area contributed by atoms with E-state index >= 15 is 0 Å². The lowest BCUT2D eigenvalue weighted by atomic mass is 10.0. The molecule has 0 bridgehead atoms. The topological polar surface area (TPSA) is 9.23 Å². The Morgan fingerprint density at radius 3 is 1.88 bits per heavy atom. The number of halogens is 8. The lowest BCUT2D eigenvalue weighted by molar-refractivity contribution is -0.185. The highest BCUT2D eigenvalue weighted by Crippen LogP contribution is 2.35. The fourth-order valence-electron chi connectivity index (χ4n) is 2.82. The number of hydrogen-bond acceptors (Lipinski definition) is 1. The molecule has 0 spiro atoms. The van der Waals surface area contributed by atoms with Crippen LogP contribution < -0.4 is 4.74 Å². The van der Waals surface area contributed by atoms with Crippen LogP contribution in [-0.4, -0.2) is 6.18 Å². The predicted octanol–water partition coefficient (Wildman–Crippen LogP) is 7.78. The van der Waals surface area contributed by atoms with E-state index in [0.717, 1.165) is 29.8 Å². The summed E-state index contributed by atoms with van der Waals surface area (Å²) < 4.78 is 113. The number of rotatable bonds is 5. The van der Waals surface area contributed by atoms with Crippen molar-refractivity contribution in [2.45, 2.75) is 19.2 Å². The number of alkyl halides is 5. The zero-order valence-electron chi connectivity index (χ0n) is 16.3. The van der Waals surface area contributed by atoms with E-state index in [1.165, 1.54) is 12.1 Å². The van der Waals surface area contributed by atoms with Crippen molar-refractivity contribution in [3.8, 4) is 16.9 Å². The van der Waals surface area contributed by atoms with Crippen LogP contribution in [0.2, 0.25) is 0 Å². The Morgan fingerprint density at radius 2 is 1.34 bits per heavy atom. The number of benzene rings is 3. The highest BCUT2D eigenvalue weighted by Gasteiger charge is 2.34. The molecule has 0 fully saturated rings. The number of ether oxygens (including phenoxy) is 1. The molecule has 9 heteroatoms. The quantitative estimate of drug-likeness (QED) is 0.355. The van der Waals surface area contributed by atoms with Crippen molar-refractivity contribution < 1.29 is 39.9 Å². The Morgan fingerprint density at radius 1 is 0.750 bits per heavy atom. The van der Waals surface area contributed by atoms with Gasteiger partial charge in [0.15, 0.2) is 0 Å². The Hall–Kier alpha value is -3.36. The predicted molar refractivity (Wildman–Crippen MR) is 103 cm³/mol. The third kappa shape index (κ3) is 5.46. The molecular formula is C23H14F8O. The van der Waals surface area contributed by atoms with Gasteiger partial charge in [0.05, 0.1) is 5.56 Å². The molecule has 0 amide bonds. The average Bonchev–Trinajstić information content (AvgIpc) is 2.66. The molecule has 32 heavy (non-hydrogen) atoms. The summed E-state index contributed by atoms with van der Waals surface area (Å²) in [5, 5.41) is 0. The van der Waals surface area contributed by atoms with E-state index in [0.29, 0.717) is 18.2 Å². The minimum Gasteiger partial charge on any atom is -0.429 e. The minimum absolute atomic E-state index is 0.217. The van der Waals surface area contributed by atoms with Crippen LogP contribution in [0.15, 0.2) is 60.7 Å². The maximum Gasteiger partial charge on any atom is 0.426 e. The summed E-state index contributed by atoms with van der Waals surface area (Å²) in [5.41, 5.74) is -1.36. The molecular weight excluding hydrogens is 444 g/mol. The number of hydrogen-bond donors (Lipinski definition) is 0. The molecule has 168 valence electrons. The third-order valence-electron chi connectivity index (χ3n) is 4.40. The van der Waals surface area contributed by atoms with Crippen LogP contribution >= 0.6 is 0 Å². The second-order valence-electron chi connectivity index (χ2n) is 6.86. The molecule has 0 heterocycles. The van der Waals surface area contributed by atoms with Gasteiger partial charge in [-0.3, -0.25) is 0 Å². The molecule has 0 radical (unpaired) electrons. The van der Waals surface area contributed by atoms with E-state index in [-0.39, 0.29) is 23.3 Å². The molecule has 0 aliphatic heterocycles. The number of aryl methyl sites for hydroxylation is 1. The van der Waals surface area contributed by atoms with Crippen molar-refractivity contribution in [1.82, 2.24) is 0 Å². The van der Waals surface area contributed by atoms with Crippen LogP contribution in [0.3, 0.4) is 0 Å². The average molecular weight is 458 g/mol. The van der Waals surface area contributed by atoms with Crippen molar-refractivity contribution in [2.75, 3.05) is 0 Å². The van der Waals surface area contributed by atoms with Crippen molar-refractivity contribution in [2.24, 2.45) is 0 Å². The first-order valence-corrected chi connectivity index (χ1v) is 9.04. The fraction of sp³-hybridized carbons (Fsp3) is 0.130. The first-order valence-electron chi connectivity index (χ1n) is 9.04. The first-order chi connectivity index (χ1) is 14.9. The van der Waals surface area contributed by atoms with Gasteiger partial charge in [0.2, 0.25) is 0 Å². The standard InChI is InChI=1S/C23H14F8O/c1-13-2-4-15(5-3-13)23(30,31)32-16-6-7-17(21(26)12-16)14-10-19(24)18(20(25)11-14)8-9-22(27,28)29/h2-12H,1H3/b9-8+. The van der Waals surface area contributed by atoms with Crippen LogP contribution in [0.5, 0.6) is 5.75 Å². The van der Waals surface area contributed by atoms with E-state index in [1.54, 1.807) is 6.92 Å². The van der Waals surface area contributed by atoms with Gasteiger partial charge in [0.25, 0.3) is 0 Å². The summed E-state index contributed by atoms with van der Waals surface area (Å²) in [6.45, 7) is 1.71. The molecule has 3 aromatic rings. The van der Waals surface area contributed by atoms with Gasteiger partial charge in [-0.2, -0.15) is 22.0 Å². The second-order valence-corrected chi connectivity index (χ2v) is 6.86. The van der Waals surface area contributed by atoms with Crippen molar-refractivity contribution in [3.63, 3.8) is 0 Å². The summed E-state index contributed by atoms with van der Waals surface area (Å²) in [7, 11) is 0. The Bertz CT molecular complexity index is 1120. The smallest absolute Gasteiger partial charge is 0.426 e. The maximum absolute atomic E-state index is 14.5. The van der Waals surface area contributed by atoms with Crippen LogP contribution in [0, 0.1) is 24.4 Å². The molecule has 0 saturated carbocycles. The van der Waals surface area contributed by atoms with E-state index in [1.807, 2.05) is 0 Å². The monoisotopic (exact) mass is 458 g/mol. The highest BCUT2D eigenvalue weighted by molar-refractivity contribution is 5.68. The lowest BCUT2D eigenvalue weighted by Crippen LogP contribution is -2.21. The van der Waals surface area contributed by atoms with Gasteiger partial charge in [-0.05, 0) is 55.0 Å². The molecule has 0 aromatic heterocycles. The summed E-state index contributed by atoms with van der Waals surface area (Å²) in [4.78, 5) is 0. The van der Waals surface area contributed by atoms with Gasteiger partial charge < -0.3 is 4.74 Å². The molecule has 0 aliphatic rings.